The van der Waals surface area contributed by atoms with E-state index in [4.69, 9.17) is 0 Å². The number of rotatable bonds is 8. The van der Waals surface area contributed by atoms with Crippen molar-refractivity contribution in [2.45, 2.75) is 52.1 Å². The lowest BCUT2D eigenvalue weighted by Crippen LogP contribution is -2.39. The lowest BCUT2D eigenvalue weighted by atomic mass is 10.0. The molecular weight excluding hydrogens is 290 g/mol. The van der Waals surface area contributed by atoms with Crippen LogP contribution in [0, 0.1) is 5.92 Å². The van der Waals surface area contributed by atoms with Crippen LogP contribution in [0.4, 0.5) is 0 Å². The second kappa shape index (κ2) is 8.41. The number of aromatic nitrogens is 4. The number of tetrazole rings is 1. The molecule has 0 aliphatic carbocycles. The van der Waals surface area contributed by atoms with Crippen LogP contribution in [0.3, 0.4) is 0 Å². The minimum absolute atomic E-state index is 0.0828. The van der Waals surface area contributed by atoms with Crippen molar-refractivity contribution >= 4 is 5.91 Å². The molecule has 0 radical (unpaired) electrons. The molecule has 0 bridgehead atoms. The maximum atomic E-state index is 12.7. The Hall–Kier alpha value is -2.24. The molecule has 1 aromatic heterocycles. The molecule has 1 unspecified atom stereocenters. The highest BCUT2D eigenvalue weighted by molar-refractivity contribution is 5.83. The van der Waals surface area contributed by atoms with Gasteiger partial charge in [-0.15, -0.1) is 5.10 Å². The highest BCUT2D eigenvalue weighted by Gasteiger charge is 2.24. The predicted octanol–water partition coefficient (Wildman–Crippen LogP) is 2.59. The van der Waals surface area contributed by atoms with Gasteiger partial charge in [0, 0.05) is 6.04 Å². The van der Waals surface area contributed by atoms with Crippen LogP contribution in [0.25, 0.3) is 0 Å². The van der Waals surface area contributed by atoms with E-state index in [2.05, 4.69) is 34.7 Å². The van der Waals surface area contributed by atoms with Crippen molar-refractivity contribution in [1.82, 2.24) is 25.5 Å². The van der Waals surface area contributed by atoms with E-state index in [1.54, 1.807) is 0 Å². The van der Waals surface area contributed by atoms with Gasteiger partial charge in [0.1, 0.15) is 6.33 Å². The molecule has 0 fully saturated rings. The first-order chi connectivity index (χ1) is 11.1. The summed E-state index contributed by atoms with van der Waals surface area (Å²) in [5, 5.41) is 14.3. The molecule has 0 saturated carbocycles. The van der Waals surface area contributed by atoms with Gasteiger partial charge in [0.05, 0.1) is 0 Å². The van der Waals surface area contributed by atoms with Gasteiger partial charge in [0.25, 0.3) is 0 Å². The normalized spacial score (nSPS) is 13.7. The summed E-state index contributed by atoms with van der Waals surface area (Å²) in [6.45, 7) is 6.47. The number of carbonyl (C=O) groups is 1. The molecule has 1 amide bonds. The summed E-state index contributed by atoms with van der Waals surface area (Å²) in [4.78, 5) is 12.7. The summed E-state index contributed by atoms with van der Waals surface area (Å²) in [5.74, 6) is 0.608. The fourth-order valence-corrected chi connectivity index (χ4v) is 2.57. The van der Waals surface area contributed by atoms with Crippen LogP contribution in [-0.4, -0.2) is 32.2 Å². The van der Waals surface area contributed by atoms with Crippen LogP contribution in [0.15, 0.2) is 36.7 Å². The Morgan fingerprint density at radius 3 is 2.52 bits per heavy atom. The van der Waals surface area contributed by atoms with Crippen molar-refractivity contribution in [3.8, 4) is 0 Å². The van der Waals surface area contributed by atoms with Crippen LogP contribution in [0.5, 0.6) is 0 Å². The van der Waals surface area contributed by atoms with Crippen molar-refractivity contribution in [2.75, 3.05) is 0 Å². The Morgan fingerprint density at radius 1 is 1.17 bits per heavy atom. The highest BCUT2D eigenvalue weighted by Crippen LogP contribution is 2.17. The molecule has 124 valence electrons. The summed E-state index contributed by atoms with van der Waals surface area (Å²) >= 11 is 0. The Kier molecular flexibility index (Phi) is 6.26. The summed E-state index contributed by atoms with van der Waals surface area (Å²) in [6, 6.07) is 9.15. The minimum atomic E-state index is -0.543. The quantitative estimate of drug-likeness (QED) is 0.812. The average Bonchev–Trinajstić information content (AvgIpc) is 3.02. The maximum absolute atomic E-state index is 12.7. The van der Waals surface area contributed by atoms with Crippen molar-refractivity contribution in [3.05, 3.63) is 42.2 Å². The second-order valence-electron chi connectivity index (χ2n) is 6.34. The largest absolute Gasteiger partial charge is 0.351 e. The zero-order valence-electron chi connectivity index (χ0n) is 14.0. The van der Waals surface area contributed by atoms with Crippen LogP contribution in [-0.2, 0) is 4.79 Å². The Labute approximate surface area is 137 Å². The number of benzene rings is 1. The van der Waals surface area contributed by atoms with E-state index >= 15 is 0 Å². The van der Waals surface area contributed by atoms with Crippen molar-refractivity contribution in [3.63, 3.8) is 0 Å². The van der Waals surface area contributed by atoms with Gasteiger partial charge in [-0.2, -0.15) is 0 Å². The molecule has 6 nitrogen and oxygen atoms in total. The van der Waals surface area contributed by atoms with Crippen molar-refractivity contribution in [2.24, 2.45) is 5.92 Å². The average molecular weight is 315 g/mol. The fraction of sp³-hybridized carbons (Fsp3) is 0.529. The second-order valence-corrected chi connectivity index (χ2v) is 6.34. The number of carbonyl (C=O) groups excluding carboxylic acids is 1. The number of nitrogens with one attached hydrogen (secondary N) is 1. The van der Waals surface area contributed by atoms with Crippen molar-refractivity contribution in [1.29, 1.82) is 0 Å². The lowest BCUT2D eigenvalue weighted by Gasteiger charge is -2.20. The smallest absolute Gasteiger partial charge is 0.249 e. The first-order valence-electron chi connectivity index (χ1n) is 8.15. The molecule has 0 aliphatic heterocycles. The molecule has 0 saturated heterocycles. The summed E-state index contributed by atoms with van der Waals surface area (Å²) < 4.78 is 1.49. The van der Waals surface area contributed by atoms with Gasteiger partial charge in [-0.1, -0.05) is 57.0 Å². The monoisotopic (exact) mass is 315 g/mol. The predicted molar refractivity (Wildman–Crippen MR) is 88.7 cm³/mol. The van der Waals surface area contributed by atoms with Crippen LogP contribution in [0.2, 0.25) is 0 Å². The van der Waals surface area contributed by atoms with E-state index < -0.39 is 6.04 Å². The number of nitrogens with zero attached hydrogens (tertiary/aromatic N) is 4. The van der Waals surface area contributed by atoms with Gasteiger partial charge in [-0.25, -0.2) is 4.68 Å². The third-order valence-corrected chi connectivity index (χ3v) is 3.80. The number of hydrogen-bond acceptors (Lipinski definition) is 4. The van der Waals surface area contributed by atoms with E-state index in [9.17, 15) is 4.79 Å². The van der Waals surface area contributed by atoms with E-state index in [0.29, 0.717) is 5.92 Å². The molecule has 2 atom stereocenters. The van der Waals surface area contributed by atoms with Gasteiger partial charge < -0.3 is 5.32 Å². The molecule has 6 heteroatoms. The molecule has 0 aliphatic rings. The van der Waals surface area contributed by atoms with Gasteiger partial charge in [-0.05, 0) is 35.3 Å². The van der Waals surface area contributed by atoms with E-state index in [-0.39, 0.29) is 11.9 Å². The molecule has 2 rings (SSSR count). The standard InChI is InChI=1S/C17H25N5O/c1-13(2)8-7-9-14(3)19-17(23)16(22-12-18-20-21-22)15-10-5-4-6-11-15/h4-6,10-14,16H,7-9H2,1-3H3,(H,19,23)/t14?,16-/m1/s1. The molecule has 1 heterocycles. The molecule has 2 aromatic rings. The van der Waals surface area contributed by atoms with Crippen LogP contribution >= 0.6 is 0 Å². The zero-order valence-corrected chi connectivity index (χ0v) is 14.0. The van der Waals surface area contributed by atoms with E-state index in [1.807, 2.05) is 37.3 Å². The Morgan fingerprint density at radius 2 is 1.91 bits per heavy atom. The molecule has 23 heavy (non-hydrogen) atoms. The first-order valence-corrected chi connectivity index (χ1v) is 8.15. The Balaban J connectivity index is 2.03. The number of amides is 1. The molecular formula is C17H25N5O. The molecule has 1 N–H and O–H groups in total. The lowest BCUT2D eigenvalue weighted by molar-refractivity contribution is -0.124. The maximum Gasteiger partial charge on any atom is 0.249 e. The zero-order chi connectivity index (χ0) is 16.7. The Bertz CT molecular complexity index is 582. The van der Waals surface area contributed by atoms with Crippen LogP contribution < -0.4 is 5.32 Å². The summed E-state index contributed by atoms with van der Waals surface area (Å²) in [5.41, 5.74) is 0.867. The van der Waals surface area contributed by atoms with Gasteiger partial charge in [0.15, 0.2) is 6.04 Å². The molecule has 0 spiro atoms. The van der Waals surface area contributed by atoms with E-state index in [0.717, 1.165) is 18.4 Å². The third-order valence-electron chi connectivity index (χ3n) is 3.80. The summed E-state index contributed by atoms with van der Waals surface area (Å²) in [6.07, 6.45) is 4.73. The first kappa shape index (κ1) is 17.1. The summed E-state index contributed by atoms with van der Waals surface area (Å²) in [7, 11) is 0. The van der Waals surface area contributed by atoms with E-state index in [1.165, 1.54) is 17.4 Å². The fourth-order valence-electron chi connectivity index (χ4n) is 2.57. The van der Waals surface area contributed by atoms with Gasteiger partial charge in [-0.3, -0.25) is 4.79 Å². The molecule has 1 aromatic carbocycles. The van der Waals surface area contributed by atoms with Gasteiger partial charge in [0.2, 0.25) is 5.91 Å². The van der Waals surface area contributed by atoms with Crippen molar-refractivity contribution < 1.29 is 4.79 Å². The highest BCUT2D eigenvalue weighted by atomic mass is 16.2. The van der Waals surface area contributed by atoms with Gasteiger partial charge >= 0.3 is 0 Å². The SMILES string of the molecule is CC(C)CCCC(C)NC(=O)[C@@H](c1ccccc1)n1cnnn1. The number of hydrogen-bond donors (Lipinski definition) is 1. The minimum Gasteiger partial charge on any atom is -0.351 e. The topological polar surface area (TPSA) is 72.7 Å². The third kappa shape index (κ3) is 5.16. The van der Waals surface area contributed by atoms with Crippen LogP contribution in [0.1, 0.15) is 51.6 Å².